The van der Waals surface area contributed by atoms with Crippen molar-refractivity contribution in [2.24, 2.45) is 0 Å². The zero-order chi connectivity index (χ0) is 13.4. The molecule has 0 saturated carbocycles. The van der Waals surface area contributed by atoms with Gasteiger partial charge in [-0.05, 0) is 25.1 Å². The van der Waals surface area contributed by atoms with Crippen molar-refractivity contribution in [3.05, 3.63) is 72.4 Å². The van der Waals surface area contributed by atoms with E-state index in [1.54, 1.807) is 54.6 Å². The Kier molecular flexibility index (Phi) is 5.39. The van der Waals surface area contributed by atoms with E-state index in [1.807, 2.05) is 6.92 Å². The number of benzene rings is 1. The van der Waals surface area contributed by atoms with E-state index >= 15 is 0 Å². The molecule has 0 bridgehead atoms. The summed E-state index contributed by atoms with van der Waals surface area (Å²) in [6, 6.07) is 6.86. The van der Waals surface area contributed by atoms with Gasteiger partial charge in [0.1, 0.15) is 5.75 Å². The van der Waals surface area contributed by atoms with Gasteiger partial charge in [-0.3, -0.25) is 4.79 Å². The van der Waals surface area contributed by atoms with Gasteiger partial charge in [-0.25, -0.2) is 0 Å². The fraction of sp³-hybridized carbons (Fsp3) is 0.0625. The van der Waals surface area contributed by atoms with E-state index < -0.39 is 0 Å². The Morgan fingerprint density at radius 2 is 2.00 bits per heavy atom. The third-order valence-corrected chi connectivity index (χ3v) is 2.28. The minimum absolute atomic E-state index is 0.128. The van der Waals surface area contributed by atoms with Gasteiger partial charge in [0.05, 0.1) is 0 Å². The highest BCUT2D eigenvalue weighted by molar-refractivity contribution is 6.08. The van der Waals surface area contributed by atoms with Crippen LogP contribution < -0.4 is 0 Å². The van der Waals surface area contributed by atoms with Crippen molar-refractivity contribution in [1.82, 2.24) is 0 Å². The number of rotatable bonds is 5. The monoisotopic (exact) mass is 240 g/mol. The summed E-state index contributed by atoms with van der Waals surface area (Å²) < 4.78 is 0. The summed E-state index contributed by atoms with van der Waals surface area (Å²) in [6.45, 7) is 5.42. The second-order valence-corrected chi connectivity index (χ2v) is 3.61. The molecule has 0 atom stereocenters. The Bertz CT molecular complexity index is 520. The van der Waals surface area contributed by atoms with Crippen LogP contribution in [0.4, 0.5) is 0 Å². The predicted octanol–water partition coefficient (Wildman–Crippen LogP) is 3.66. The summed E-state index contributed by atoms with van der Waals surface area (Å²) in [7, 11) is 0. The van der Waals surface area contributed by atoms with Crippen LogP contribution in [-0.2, 0) is 4.79 Å². The van der Waals surface area contributed by atoms with E-state index in [-0.39, 0.29) is 11.5 Å². The summed E-state index contributed by atoms with van der Waals surface area (Å²) >= 11 is 0. The lowest BCUT2D eigenvalue weighted by Gasteiger charge is -1.98. The third-order valence-electron chi connectivity index (χ3n) is 2.28. The molecule has 18 heavy (non-hydrogen) atoms. The number of phenols is 1. The molecule has 1 aromatic rings. The van der Waals surface area contributed by atoms with Gasteiger partial charge < -0.3 is 5.11 Å². The molecule has 2 nitrogen and oxygen atoms in total. The largest absolute Gasteiger partial charge is 0.507 e. The maximum Gasteiger partial charge on any atom is 0.185 e. The molecule has 1 N–H and O–H groups in total. The van der Waals surface area contributed by atoms with E-state index in [1.165, 1.54) is 6.08 Å². The van der Waals surface area contributed by atoms with E-state index in [9.17, 15) is 9.90 Å². The Labute approximate surface area is 107 Å². The minimum Gasteiger partial charge on any atom is -0.507 e. The number of carbonyl (C=O) groups is 1. The van der Waals surface area contributed by atoms with Crippen LogP contribution in [-0.4, -0.2) is 10.9 Å². The van der Waals surface area contributed by atoms with Gasteiger partial charge in [-0.2, -0.15) is 0 Å². The van der Waals surface area contributed by atoms with Crippen molar-refractivity contribution >= 4 is 11.9 Å². The molecule has 0 spiro atoms. The normalized spacial score (nSPS) is 12.2. The molecule has 0 fully saturated rings. The Hall–Kier alpha value is -2.35. The van der Waals surface area contributed by atoms with E-state index in [4.69, 9.17) is 0 Å². The van der Waals surface area contributed by atoms with Crippen LogP contribution in [0.5, 0.6) is 5.75 Å². The highest BCUT2D eigenvalue weighted by Gasteiger charge is 2.01. The van der Waals surface area contributed by atoms with Crippen LogP contribution in [0.2, 0.25) is 0 Å². The van der Waals surface area contributed by atoms with Crippen molar-refractivity contribution in [2.45, 2.75) is 6.92 Å². The SMILES string of the molecule is C=C/C=C(\C=C/C)C(=O)/C=C/c1ccccc1O. The Morgan fingerprint density at radius 3 is 2.61 bits per heavy atom. The first-order chi connectivity index (χ1) is 8.69. The van der Waals surface area contributed by atoms with Crippen molar-refractivity contribution in [3.8, 4) is 5.75 Å². The smallest absolute Gasteiger partial charge is 0.185 e. The van der Waals surface area contributed by atoms with Crippen molar-refractivity contribution < 1.29 is 9.90 Å². The number of aromatic hydroxyl groups is 1. The molecular weight excluding hydrogens is 224 g/mol. The minimum atomic E-state index is -0.128. The summed E-state index contributed by atoms with van der Waals surface area (Å²) in [4.78, 5) is 11.9. The van der Waals surface area contributed by atoms with Crippen molar-refractivity contribution in [3.63, 3.8) is 0 Å². The van der Waals surface area contributed by atoms with Crippen molar-refractivity contribution in [2.75, 3.05) is 0 Å². The lowest BCUT2D eigenvalue weighted by molar-refractivity contribution is -0.111. The molecule has 0 saturated heterocycles. The highest BCUT2D eigenvalue weighted by atomic mass is 16.3. The predicted molar refractivity (Wildman–Crippen MR) is 75.2 cm³/mol. The lowest BCUT2D eigenvalue weighted by Crippen LogP contribution is -1.95. The van der Waals surface area contributed by atoms with Gasteiger partial charge in [-0.1, -0.05) is 49.1 Å². The number of carbonyl (C=O) groups excluding carboxylic acids is 1. The van der Waals surface area contributed by atoms with Crippen LogP contribution in [0.15, 0.2) is 66.8 Å². The summed E-state index contributed by atoms with van der Waals surface area (Å²) in [5.74, 6) is 0.0260. The molecule has 0 aliphatic heterocycles. The average molecular weight is 240 g/mol. The molecule has 0 radical (unpaired) electrons. The number of hydrogen-bond acceptors (Lipinski definition) is 2. The number of ketones is 1. The van der Waals surface area contributed by atoms with Crippen LogP contribution in [0.25, 0.3) is 6.08 Å². The highest BCUT2D eigenvalue weighted by Crippen LogP contribution is 2.17. The van der Waals surface area contributed by atoms with Gasteiger partial charge in [0, 0.05) is 11.1 Å². The van der Waals surface area contributed by atoms with E-state index in [0.717, 1.165) is 0 Å². The van der Waals surface area contributed by atoms with Crippen LogP contribution in [0, 0.1) is 0 Å². The quantitative estimate of drug-likeness (QED) is 0.630. The lowest BCUT2D eigenvalue weighted by atomic mass is 10.1. The van der Waals surface area contributed by atoms with Gasteiger partial charge >= 0.3 is 0 Å². The molecule has 0 aliphatic carbocycles. The fourth-order valence-corrected chi connectivity index (χ4v) is 1.42. The number of phenolic OH excluding ortho intramolecular Hbond substituents is 1. The molecule has 1 rings (SSSR count). The molecular formula is C16H16O2. The Balaban J connectivity index is 2.90. The summed E-state index contributed by atoms with van der Waals surface area (Å²) in [6.07, 6.45) is 9.77. The van der Waals surface area contributed by atoms with Crippen LogP contribution >= 0.6 is 0 Å². The first-order valence-electron chi connectivity index (χ1n) is 5.65. The second kappa shape index (κ2) is 7.07. The number of allylic oxidation sites excluding steroid dienone is 6. The number of para-hydroxylation sites is 1. The summed E-state index contributed by atoms with van der Waals surface area (Å²) in [5, 5.41) is 9.56. The van der Waals surface area contributed by atoms with Gasteiger partial charge in [-0.15, -0.1) is 0 Å². The first kappa shape index (κ1) is 13.7. The standard InChI is InChI=1S/C16H16O2/c1-3-7-13(8-4-2)16(18)12-11-14-9-5-6-10-15(14)17/h3-12,17H,1H2,2H3/b8-4-,12-11+,13-7+. The zero-order valence-electron chi connectivity index (χ0n) is 10.3. The van der Waals surface area contributed by atoms with Gasteiger partial charge in [0.2, 0.25) is 0 Å². The first-order valence-corrected chi connectivity index (χ1v) is 5.65. The molecule has 0 unspecified atom stereocenters. The van der Waals surface area contributed by atoms with Gasteiger partial charge in [0.15, 0.2) is 5.78 Å². The van der Waals surface area contributed by atoms with E-state index in [0.29, 0.717) is 11.1 Å². The maximum atomic E-state index is 11.9. The topological polar surface area (TPSA) is 37.3 Å². The fourth-order valence-electron chi connectivity index (χ4n) is 1.42. The Morgan fingerprint density at radius 1 is 1.28 bits per heavy atom. The molecule has 0 amide bonds. The van der Waals surface area contributed by atoms with Crippen LogP contribution in [0.3, 0.4) is 0 Å². The zero-order valence-corrected chi connectivity index (χ0v) is 10.3. The molecule has 92 valence electrons. The molecule has 0 aliphatic rings. The maximum absolute atomic E-state index is 11.9. The molecule has 2 heteroatoms. The van der Waals surface area contributed by atoms with E-state index in [2.05, 4.69) is 6.58 Å². The molecule has 0 heterocycles. The summed E-state index contributed by atoms with van der Waals surface area (Å²) in [5.41, 5.74) is 1.17. The third kappa shape index (κ3) is 3.91. The molecule has 0 aromatic heterocycles. The van der Waals surface area contributed by atoms with Gasteiger partial charge in [0.25, 0.3) is 0 Å². The van der Waals surface area contributed by atoms with Crippen molar-refractivity contribution in [1.29, 1.82) is 0 Å². The average Bonchev–Trinajstić information content (AvgIpc) is 2.37. The van der Waals surface area contributed by atoms with Crippen LogP contribution in [0.1, 0.15) is 12.5 Å². The molecule has 1 aromatic carbocycles. The number of hydrogen-bond donors (Lipinski definition) is 1. The second-order valence-electron chi connectivity index (χ2n) is 3.61.